The molecule has 0 radical (unpaired) electrons. The van der Waals surface area contributed by atoms with Crippen molar-refractivity contribution in [3.63, 3.8) is 0 Å². The van der Waals surface area contributed by atoms with Crippen molar-refractivity contribution in [3.05, 3.63) is 41.3 Å². The highest BCUT2D eigenvalue weighted by Gasteiger charge is 2.23. The normalized spacial score (nSPS) is 11.4. The molecule has 0 aliphatic carbocycles. The summed E-state index contributed by atoms with van der Waals surface area (Å²) in [5.41, 5.74) is 1.53. The number of nitrogens with one attached hydrogen (secondary N) is 1. The van der Waals surface area contributed by atoms with Crippen LogP contribution in [0.3, 0.4) is 0 Å². The zero-order valence-electron chi connectivity index (χ0n) is 12.2. The molecule has 2 aromatic rings. The minimum absolute atomic E-state index is 0.332. The Morgan fingerprint density at radius 1 is 1.33 bits per heavy atom. The molecule has 1 N–H and O–H groups in total. The summed E-state index contributed by atoms with van der Waals surface area (Å²) in [5, 5.41) is 4.86. The van der Waals surface area contributed by atoms with Gasteiger partial charge in [0.25, 0.3) is 10.0 Å². The molecule has 1 heterocycles. The average molecular weight is 326 g/mol. The number of nitrogens with zero attached hydrogens (tertiary/aromatic N) is 1. The van der Waals surface area contributed by atoms with Crippen LogP contribution >= 0.6 is 11.3 Å². The Labute approximate surface area is 129 Å². The van der Waals surface area contributed by atoms with Crippen LogP contribution in [0.5, 0.6) is 5.75 Å². The number of benzene rings is 1. The summed E-state index contributed by atoms with van der Waals surface area (Å²) in [7, 11) is 1.38. The van der Waals surface area contributed by atoms with Crippen molar-refractivity contribution in [1.29, 1.82) is 0 Å². The SMILES string of the molecule is CNCc1csc(S(=O)(=O)N(C)c2cccc(OC)c2)c1. The Morgan fingerprint density at radius 3 is 2.76 bits per heavy atom. The van der Waals surface area contributed by atoms with E-state index in [9.17, 15) is 8.42 Å². The fraction of sp³-hybridized carbons (Fsp3) is 0.286. The summed E-state index contributed by atoms with van der Waals surface area (Å²) in [5.74, 6) is 0.622. The van der Waals surface area contributed by atoms with Gasteiger partial charge in [0, 0.05) is 19.7 Å². The number of anilines is 1. The van der Waals surface area contributed by atoms with E-state index in [0.29, 0.717) is 22.2 Å². The molecule has 2 rings (SSSR count). The lowest BCUT2D eigenvalue weighted by Crippen LogP contribution is -2.25. The van der Waals surface area contributed by atoms with Crippen LogP contribution in [-0.4, -0.2) is 29.6 Å². The zero-order chi connectivity index (χ0) is 15.5. The molecule has 0 spiro atoms. The van der Waals surface area contributed by atoms with Gasteiger partial charge in [0.1, 0.15) is 9.96 Å². The van der Waals surface area contributed by atoms with E-state index in [1.54, 1.807) is 44.5 Å². The van der Waals surface area contributed by atoms with Crippen LogP contribution in [-0.2, 0) is 16.6 Å². The quantitative estimate of drug-likeness (QED) is 0.885. The number of methoxy groups -OCH3 is 1. The summed E-state index contributed by atoms with van der Waals surface area (Å²) in [4.78, 5) is 0. The second-order valence-electron chi connectivity index (χ2n) is 4.48. The molecule has 21 heavy (non-hydrogen) atoms. The largest absolute Gasteiger partial charge is 0.497 e. The lowest BCUT2D eigenvalue weighted by Gasteiger charge is -2.18. The van der Waals surface area contributed by atoms with Crippen molar-refractivity contribution in [3.8, 4) is 5.75 Å². The van der Waals surface area contributed by atoms with Gasteiger partial charge in [-0.1, -0.05) is 6.07 Å². The van der Waals surface area contributed by atoms with Crippen LogP contribution in [0.15, 0.2) is 39.9 Å². The van der Waals surface area contributed by atoms with Crippen molar-refractivity contribution < 1.29 is 13.2 Å². The first kappa shape index (κ1) is 15.8. The van der Waals surface area contributed by atoms with Crippen LogP contribution in [0.2, 0.25) is 0 Å². The smallest absolute Gasteiger partial charge is 0.273 e. The van der Waals surface area contributed by atoms with Gasteiger partial charge in [-0.25, -0.2) is 8.42 Å². The van der Waals surface area contributed by atoms with Gasteiger partial charge in [-0.2, -0.15) is 0 Å². The predicted molar refractivity (Wildman–Crippen MR) is 85.7 cm³/mol. The van der Waals surface area contributed by atoms with Crippen molar-refractivity contribution in [2.75, 3.05) is 25.5 Å². The maximum absolute atomic E-state index is 12.6. The maximum Gasteiger partial charge on any atom is 0.273 e. The highest BCUT2D eigenvalue weighted by Crippen LogP contribution is 2.28. The standard InChI is InChI=1S/C14H18N2O3S2/c1-15-9-11-7-14(20-10-11)21(17,18)16(2)12-5-4-6-13(8-12)19-3/h4-8,10,15H,9H2,1-3H3. The number of thiophene rings is 1. The number of hydrogen-bond donors (Lipinski definition) is 1. The van der Waals surface area contributed by atoms with Gasteiger partial charge in [0.05, 0.1) is 12.8 Å². The zero-order valence-corrected chi connectivity index (χ0v) is 13.8. The third kappa shape index (κ3) is 3.37. The van der Waals surface area contributed by atoms with Crippen molar-refractivity contribution in [2.24, 2.45) is 0 Å². The summed E-state index contributed by atoms with van der Waals surface area (Å²) in [6.07, 6.45) is 0. The molecule has 5 nitrogen and oxygen atoms in total. The third-order valence-corrected chi connectivity index (χ3v) is 6.29. The van der Waals surface area contributed by atoms with Crippen molar-refractivity contribution in [2.45, 2.75) is 10.8 Å². The number of hydrogen-bond acceptors (Lipinski definition) is 5. The highest BCUT2D eigenvalue weighted by atomic mass is 32.2. The minimum Gasteiger partial charge on any atom is -0.497 e. The van der Waals surface area contributed by atoms with Crippen LogP contribution < -0.4 is 14.4 Å². The first-order valence-corrected chi connectivity index (χ1v) is 8.66. The van der Waals surface area contributed by atoms with E-state index in [2.05, 4.69) is 5.32 Å². The molecule has 7 heteroatoms. The lowest BCUT2D eigenvalue weighted by atomic mass is 10.3. The first-order valence-electron chi connectivity index (χ1n) is 6.34. The van der Waals surface area contributed by atoms with E-state index in [-0.39, 0.29) is 0 Å². The van der Waals surface area contributed by atoms with E-state index in [0.717, 1.165) is 5.56 Å². The molecule has 1 aromatic heterocycles. The van der Waals surface area contributed by atoms with Gasteiger partial charge < -0.3 is 10.1 Å². The number of sulfonamides is 1. The summed E-state index contributed by atoms with van der Waals surface area (Å²) >= 11 is 1.23. The summed E-state index contributed by atoms with van der Waals surface area (Å²) in [6.45, 7) is 0.648. The number of ether oxygens (including phenoxy) is 1. The molecule has 0 aliphatic heterocycles. The monoisotopic (exact) mass is 326 g/mol. The minimum atomic E-state index is -3.55. The third-order valence-electron chi connectivity index (χ3n) is 3.04. The lowest BCUT2D eigenvalue weighted by molar-refractivity contribution is 0.415. The van der Waals surface area contributed by atoms with Gasteiger partial charge in [-0.3, -0.25) is 4.31 Å². The van der Waals surface area contributed by atoms with Gasteiger partial charge in [-0.05, 0) is 36.2 Å². The van der Waals surface area contributed by atoms with Gasteiger partial charge in [0.15, 0.2) is 0 Å². The Hall–Kier alpha value is -1.57. The highest BCUT2D eigenvalue weighted by molar-refractivity contribution is 7.94. The van der Waals surface area contributed by atoms with Crippen LogP contribution in [0.4, 0.5) is 5.69 Å². The fourth-order valence-corrected chi connectivity index (χ4v) is 4.43. The van der Waals surface area contributed by atoms with E-state index in [1.165, 1.54) is 15.6 Å². The Bertz CT molecular complexity index is 711. The van der Waals surface area contributed by atoms with Gasteiger partial charge in [0.2, 0.25) is 0 Å². The second-order valence-corrected chi connectivity index (χ2v) is 7.59. The van der Waals surface area contributed by atoms with Crippen molar-refractivity contribution in [1.82, 2.24) is 5.32 Å². The summed E-state index contributed by atoms with van der Waals surface area (Å²) in [6, 6.07) is 8.68. The molecule has 0 bridgehead atoms. The van der Waals surface area contributed by atoms with E-state index < -0.39 is 10.0 Å². The van der Waals surface area contributed by atoms with Crippen LogP contribution in [0, 0.1) is 0 Å². The van der Waals surface area contributed by atoms with Gasteiger partial charge >= 0.3 is 0 Å². The molecule has 1 aromatic carbocycles. The van der Waals surface area contributed by atoms with E-state index >= 15 is 0 Å². The molecule has 0 atom stereocenters. The van der Waals surface area contributed by atoms with Crippen LogP contribution in [0.1, 0.15) is 5.56 Å². The molecule has 114 valence electrons. The number of rotatable bonds is 6. The predicted octanol–water partition coefficient (Wildman–Crippen LogP) is 2.30. The fourth-order valence-electron chi connectivity index (χ4n) is 1.87. The molecule has 0 saturated heterocycles. The Morgan fingerprint density at radius 2 is 2.10 bits per heavy atom. The second kappa shape index (κ2) is 6.46. The molecule has 0 fully saturated rings. The molecule has 0 amide bonds. The van der Waals surface area contributed by atoms with Crippen LogP contribution in [0.25, 0.3) is 0 Å². The Balaban J connectivity index is 2.32. The molecule has 0 aliphatic rings. The van der Waals surface area contributed by atoms with Crippen molar-refractivity contribution >= 4 is 27.0 Å². The topological polar surface area (TPSA) is 58.6 Å². The van der Waals surface area contributed by atoms with Gasteiger partial charge in [-0.15, -0.1) is 11.3 Å². The molecular weight excluding hydrogens is 308 g/mol. The van der Waals surface area contributed by atoms with E-state index in [1.807, 2.05) is 12.4 Å². The average Bonchev–Trinajstić information content (AvgIpc) is 2.96. The first-order chi connectivity index (χ1) is 9.98. The molecular formula is C14H18N2O3S2. The molecule has 0 saturated carbocycles. The molecule has 0 unspecified atom stereocenters. The van der Waals surface area contributed by atoms with E-state index in [4.69, 9.17) is 4.74 Å². The maximum atomic E-state index is 12.6. The summed E-state index contributed by atoms with van der Waals surface area (Å²) < 4.78 is 32.0. The Kier molecular flexibility index (Phi) is 4.87.